The van der Waals surface area contributed by atoms with Crippen LogP contribution >= 0.6 is 12.2 Å². The number of aliphatic imine (C=N–C) groups is 1. The first-order valence-electron chi connectivity index (χ1n) is 5.94. The van der Waals surface area contributed by atoms with Gasteiger partial charge in [0.2, 0.25) is 0 Å². The van der Waals surface area contributed by atoms with Crippen LogP contribution in [0.25, 0.3) is 0 Å². The maximum absolute atomic E-state index is 11.8. The van der Waals surface area contributed by atoms with Crippen LogP contribution < -0.4 is 0 Å². The fourth-order valence-electron chi connectivity index (χ4n) is 1.79. The van der Waals surface area contributed by atoms with Crippen molar-refractivity contribution in [2.45, 2.75) is 39.2 Å². The Morgan fingerprint density at radius 1 is 1.47 bits per heavy atom. The first kappa shape index (κ1) is 14.1. The number of piperidine rings is 1. The van der Waals surface area contributed by atoms with Gasteiger partial charge in [0, 0.05) is 13.1 Å². The van der Waals surface area contributed by atoms with Crippen LogP contribution in [-0.4, -0.2) is 41.4 Å². The topological polar surface area (TPSA) is 41.9 Å². The van der Waals surface area contributed by atoms with Gasteiger partial charge in [-0.05, 0) is 51.7 Å². The number of hydrogen-bond acceptors (Lipinski definition) is 4. The van der Waals surface area contributed by atoms with Crippen LogP contribution in [0, 0.1) is 5.92 Å². The van der Waals surface area contributed by atoms with Crippen molar-refractivity contribution in [1.29, 1.82) is 0 Å². The van der Waals surface area contributed by atoms with E-state index in [1.165, 1.54) is 0 Å². The molecule has 0 aromatic carbocycles. The number of carbonyl (C=O) groups excluding carboxylic acids is 1. The summed E-state index contributed by atoms with van der Waals surface area (Å²) in [5, 5.41) is 2.38. The predicted octanol–water partition coefficient (Wildman–Crippen LogP) is 2.74. The minimum Gasteiger partial charge on any atom is -0.444 e. The lowest BCUT2D eigenvalue weighted by Crippen LogP contribution is -2.42. The van der Waals surface area contributed by atoms with Gasteiger partial charge in [0.1, 0.15) is 5.60 Å². The number of rotatable bonds is 2. The van der Waals surface area contributed by atoms with Crippen molar-refractivity contribution in [1.82, 2.24) is 4.90 Å². The zero-order valence-electron chi connectivity index (χ0n) is 10.7. The molecule has 0 atom stereocenters. The quantitative estimate of drug-likeness (QED) is 0.563. The van der Waals surface area contributed by atoms with Gasteiger partial charge in [-0.1, -0.05) is 0 Å². The summed E-state index contributed by atoms with van der Waals surface area (Å²) in [5.74, 6) is 0.518. The highest BCUT2D eigenvalue weighted by atomic mass is 32.1. The third-order valence-electron chi connectivity index (χ3n) is 2.68. The van der Waals surface area contributed by atoms with Crippen LogP contribution in [0.4, 0.5) is 4.79 Å². The van der Waals surface area contributed by atoms with E-state index in [9.17, 15) is 4.79 Å². The number of likely N-dealkylation sites (tertiary alicyclic amines) is 1. The van der Waals surface area contributed by atoms with E-state index < -0.39 is 5.60 Å². The van der Waals surface area contributed by atoms with E-state index in [1.54, 1.807) is 4.90 Å². The summed E-state index contributed by atoms with van der Waals surface area (Å²) in [7, 11) is 0. The maximum Gasteiger partial charge on any atom is 0.410 e. The fourth-order valence-corrected chi connectivity index (χ4v) is 1.87. The Hall–Kier alpha value is -0.930. The summed E-state index contributed by atoms with van der Waals surface area (Å²) in [6, 6.07) is 0. The van der Waals surface area contributed by atoms with Gasteiger partial charge in [-0.2, -0.15) is 0 Å². The van der Waals surface area contributed by atoms with Crippen molar-refractivity contribution >= 4 is 23.5 Å². The summed E-state index contributed by atoms with van der Waals surface area (Å²) in [6.07, 6.45) is 1.70. The molecule has 5 heteroatoms. The number of ether oxygens (including phenoxy) is 1. The molecule has 0 radical (unpaired) electrons. The zero-order chi connectivity index (χ0) is 12.9. The van der Waals surface area contributed by atoms with Crippen molar-refractivity contribution in [3.8, 4) is 0 Å². The lowest BCUT2D eigenvalue weighted by Gasteiger charge is -2.32. The third kappa shape index (κ3) is 5.29. The van der Waals surface area contributed by atoms with Crippen LogP contribution in [0.5, 0.6) is 0 Å². The minimum absolute atomic E-state index is 0.214. The molecule has 0 aliphatic carbocycles. The Kier molecular flexibility index (Phi) is 5.09. The van der Waals surface area contributed by atoms with Gasteiger partial charge in [0.05, 0.1) is 11.7 Å². The zero-order valence-corrected chi connectivity index (χ0v) is 11.5. The molecule has 0 bridgehead atoms. The van der Waals surface area contributed by atoms with Gasteiger partial charge in [0.25, 0.3) is 0 Å². The minimum atomic E-state index is -0.421. The summed E-state index contributed by atoms with van der Waals surface area (Å²) in [4.78, 5) is 17.5. The van der Waals surface area contributed by atoms with Gasteiger partial charge in [0.15, 0.2) is 0 Å². The van der Waals surface area contributed by atoms with Gasteiger partial charge in [-0.15, -0.1) is 0 Å². The highest BCUT2D eigenvalue weighted by Crippen LogP contribution is 2.19. The van der Waals surface area contributed by atoms with Crippen molar-refractivity contribution < 1.29 is 9.53 Å². The Morgan fingerprint density at radius 2 is 2.06 bits per heavy atom. The van der Waals surface area contributed by atoms with Crippen LogP contribution in [0.2, 0.25) is 0 Å². The molecule has 1 rings (SSSR count). The van der Waals surface area contributed by atoms with E-state index in [-0.39, 0.29) is 6.09 Å². The number of nitrogens with zero attached hydrogens (tertiary/aromatic N) is 2. The van der Waals surface area contributed by atoms with E-state index in [4.69, 9.17) is 4.74 Å². The van der Waals surface area contributed by atoms with E-state index >= 15 is 0 Å². The summed E-state index contributed by atoms with van der Waals surface area (Å²) < 4.78 is 5.33. The van der Waals surface area contributed by atoms with Crippen LogP contribution in [0.1, 0.15) is 33.6 Å². The monoisotopic (exact) mass is 256 g/mol. The van der Waals surface area contributed by atoms with Crippen LogP contribution in [0.15, 0.2) is 4.99 Å². The van der Waals surface area contributed by atoms with Gasteiger partial charge in [-0.3, -0.25) is 0 Å². The number of hydrogen-bond donors (Lipinski definition) is 0. The molecule has 0 aromatic rings. The van der Waals surface area contributed by atoms with Crippen LogP contribution in [0.3, 0.4) is 0 Å². The van der Waals surface area contributed by atoms with Crippen molar-refractivity contribution in [2.24, 2.45) is 10.9 Å². The van der Waals surface area contributed by atoms with Crippen molar-refractivity contribution in [2.75, 3.05) is 19.6 Å². The van der Waals surface area contributed by atoms with E-state index in [2.05, 4.69) is 22.4 Å². The molecule has 1 amide bonds. The number of isothiocyanates is 1. The number of amides is 1. The highest BCUT2D eigenvalue weighted by Gasteiger charge is 2.26. The Labute approximate surface area is 108 Å². The molecule has 0 aromatic heterocycles. The SMILES string of the molecule is CC(C)(C)OC(=O)N1CCC(CN=C=S)CC1. The molecule has 0 spiro atoms. The third-order valence-corrected chi connectivity index (χ3v) is 2.81. The molecule has 0 saturated carbocycles. The largest absolute Gasteiger partial charge is 0.444 e. The molecule has 1 aliphatic heterocycles. The Balaban J connectivity index is 2.36. The molecular formula is C12H20N2O2S. The van der Waals surface area contributed by atoms with E-state index in [0.29, 0.717) is 5.92 Å². The lowest BCUT2D eigenvalue weighted by atomic mass is 9.97. The summed E-state index contributed by atoms with van der Waals surface area (Å²) >= 11 is 4.54. The highest BCUT2D eigenvalue weighted by molar-refractivity contribution is 7.78. The molecule has 4 nitrogen and oxygen atoms in total. The molecule has 1 aliphatic rings. The Morgan fingerprint density at radius 3 is 2.53 bits per heavy atom. The second-order valence-corrected chi connectivity index (χ2v) is 5.53. The molecule has 17 heavy (non-hydrogen) atoms. The predicted molar refractivity (Wildman–Crippen MR) is 70.4 cm³/mol. The average Bonchev–Trinajstić information content (AvgIpc) is 2.24. The van der Waals surface area contributed by atoms with Gasteiger partial charge >= 0.3 is 6.09 Å². The molecule has 96 valence electrons. The normalized spacial score (nSPS) is 17.5. The molecule has 1 saturated heterocycles. The summed E-state index contributed by atoms with van der Waals surface area (Å²) in [6.45, 7) is 7.86. The van der Waals surface area contributed by atoms with Gasteiger partial charge in [-0.25, -0.2) is 9.79 Å². The maximum atomic E-state index is 11.8. The average molecular weight is 256 g/mol. The molecule has 1 heterocycles. The second kappa shape index (κ2) is 6.12. The lowest BCUT2D eigenvalue weighted by molar-refractivity contribution is 0.0187. The van der Waals surface area contributed by atoms with E-state index in [0.717, 1.165) is 32.5 Å². The second-order valence-electron chi connectivity index (χ2n) is 5.34. The molecule has 1 fully saturated rings. The molecular weight excluding hydrogens is 236 g/mol. The van der Waals surface area contributed by atoms with Gasteiger partial charge < -0.3 is 9.64 Å². The fraction of sp³-hybridized carbons (Fsp3) is 0.833. The Bertz CT molecular complexity index is 311. The van der Waals surface area contributed by atoms with E-state index in [1.807, 2.05) is 20.8 Å². The van der Waals surface area contributed by atoms with Crippen LogP contribution in [-0.2, 0) is 4.74 Å². The first-order chi connectivity index (χ1) is 7.92. The number of thiocarbonyl (C=S) groups is 1. The molecule has 0 unspecified atom stereocenters. The van der Waals surface area contributed by atoms with Crippen molar-refractivity contribution in [3.63, 3.8) is 0 Å². The standard InChI is InChI=1S/C12H20N2O2S/c1-12(2,3)16-11(15)14-6-4-10(5-7-14)8-13-9-17/h10H,4-8H2,1-3H3. The smallest absolute Gasteiger partial charge is 0.410 e. The van der Waals surface area contributed by atoms with Crippen molar-refractivity contribution in [3.05, 3.63) is 0 Å². The summed E-state index contributed by atoms with van der Waals surface area (Å²) in [5.41, 5.74) is -0.421. The number of carbonyl (C=O) groups is 1. The first-order valence-corrected chi connectivity index (χ1v) is 6.35. The molecule has 0 N–H and O–H groups in total.